The summed E-state index contributed by atoms with van der Waals surface area (Å²) in [5.74, 6) is -2.06. The van der Waals surface area contributed by atoms with Crippen LogP contribution in [0.25, 0.3) is 17.4 Å². The minimum absolute atomic E-state index is 0.0724. The molecule has 1 amide bonds. The number of aromatic carboxylic acids is 2. The number of carbonyl (C=O) groups is 3. The Morgan fingerprint density at radius 2 is 1.62 bits per heavy atom. The lowest BCUT2D eigenvalue weighted by Crippen LogP contribution is -2.28. The lowest BCUT2D eigenvalue weighted by molar-refractivity contribution is -0.113. The van der Waals surface area contributed by atoms with E-state index in [1.807, 2.05) is 24.3 Å². The Balaban J connectivity index is 1.65. The van der Waals surface area contributed by atoms with Gasteiger partial charge in [0.1, 0.15) is 11.5 Å². The molecular formula is C22H12BrNO6S2. The zero-order valence-electron chi connectivity index (χ0n) is 15.9. The zero-order valence-corrected chi connectivity index (χ0v) is 19.2. The molecule has 0 saturated carbocycles. The first-order chi connectivity index (χ1) is 15.2. The summed E-state index contributed by atoms with van der Waals surface area (Å²) in [6.45, 7) is 0. The maximum atomic E-state index is 13.0. The van der Waals surface area contributed by atoms with E-state index in [9.17, 15) is 24.6 Å². The van der Waals surface area contributed by atoms with Crippen LogP contribution in [0, 0.1) is 0 Å². The van der Waals surface area contributed by atoms with Crippen molar-refractivity contribution < 1.29 is 29.0 Å². The van der Waals surface area contributed by atoms with Crippen molar-refractivity contribution in [2.75, 3.05) is 4.90 Å². The van der Waals surface area contributed by atoms with Gasteiger partial charge in [-0.25, -0.2) is 9.59 Å². The van der Waals surface area contributed by atoms with Crippen LogP contribution >= 0.6 is 39.9 Å². The van der Waals surface area contributed by atoms with Gasteiger partial charge in [0, 0.05) is 16.1 Å². The fourth-order valence-corrected chi connectivity index (χ4v) is 4.55. The first-order valence-corrected chi connectivity index (χ1v) is 11.0. The topological polar surface area (TPSA) is 108 Å². The molecule has 4 rings (SSSR count). The van der Waals surface area contributed by atoms with E-state index in [0.717, 1.165) is 32.8 Å². The highest BCUT2D eigenvalue weighted by Crippen LogP contribution is 2.37. The first kappa shape index (κ1) is 22.0. The Labute approximate surface area is 199 Å². The third-order valence-electron chi connectivity index (χ3n) is 4.49. The highest BCUT2D eigenvalue weighted by atomic mass is 79.9. The Kier molecular flexibility index (Phi) is 6.00. The monoisotopic (exact) mass is 529 g/mol. The smallest absolute Gasteiger partial charge is 0.335 e. The van der Waals surface area contributed by atoms with E-state index < -0.39 is 17.8 Å². The molecular weight excluding hydrogens is 518 g/mol. The van der Waals surface area contributed by atoms with Gasteiger partial charge in [-0.3, -0.25) is 9.69 Å². The number of halogens is 1. The Morgan fingerprint density at radius 1 is 1.00 bits per heavy atom. The molecule has 3 aromatic rings. The standard InChI is InChI=1S/C22H12BrNO6S2/c23-14-3-1-11(2-4-14)17-6-5-16(30-17)10-18-19(25)24(22(31)32-18)15-8-12(20(26)27)7-13(9-15)21(28)29/h1-10H,(H,26,27)(H,28,29)/b18-10-. The van der Waals surface area contributed by atoms with Crippen molar-refractivity contribution in [1.29, 1.82) is 0 Å². The first-order valence-electron chi connectivity index (χ1n) is 8.98. The van der Waals surface area contributed by atoms with Gasteiger partial charge in [-0.1, -0.05) is 52.0 Å². The number of furan rings is 1. The number of amides is 1. The summed E-state index contributed by atoms with van der Waals surface area (Å²) in [6.07, 6.45) is 1.54. The molecule has 0 spiro atoms. The number of thioether (sulfide) groups is 1. The van der Waals surface area contributed by atoms with Crippen LogP contribution in [0.4, 0.5) is 5.69 Å². The van der Waals surface area contributed by atoms with Gasteiger partial charge in [0.05, 0.1) is 21.7 Å². The molecule has 0 unspecified atom stereocenters. The number of rotatable bonds is 5. The van der Waals surface area contributed by atoms with Crippen LogP contribution in [0.5, 0.6) is 0 Å². The van der Waals surface area contributed by atoms with Gasteiger partial charge in [0.25, 0.3) is 5.91 Å². The third kappa shape index (κ3) is 4.38. The molecule has 0 atom stereocenters. The van der Waals surface area contributed by atoms with Crippen molar-refractivity contribution in [3.63, 3.8) is 0 Å². The lowest BCUT2D eigenvalue weighted by atomic mass is 10.1. The summed E-state index contributed by atoms with van der Waals surface area (Å²) < 4.78 is 6.91. The second-order valence-electron chi connectivity index (χ2n) is 6.60. The average Bonchev–Trinajstić information content (AvgIpc) is 3.32. The number of carbonyl (C=O) groups excluding carboxylic acids is 1. The molecule has 2 N–H and O–H groups in total. The van der Waals surface area contributed by atoms with Crippen LogP contribution in [0.2, 0.25) is 0 Å². The molecule has 0 aliphatic carbocycles. The quantitative estimate of drug-likeness (QED) is 0.329. The molecule has 1 aliphatic rings. The Bertz CT molecular complexity index is 1280. The minimum atomic E-state index is -1.31. The molecule has 1 saturated heterocycles. The summed E-state index contributed by atoms with van der Waals surface area (Å²) in [6, 6.07) is 14.5. The number of nitrogens with zero attached hydrogens (tertiary/aromatic N) is 1. The Hall–Kier alpha value is -3.21. The average molecular weight is 530 g/mol. The van der Waals surface area contributed by atoms with Crippen molar-refractivity contribution in [3.8, 4) is 11.3 Å². The maximum Gasteiger partial charge on any atom is 0.335 e. The van der Waals surface area contributed by atoms with E-state index >= 15 is 0 Å². The number of hydrogen-bond acceptors (Lipinski definition) is 6. The van der Waals surface area contributed by atoms with E-state index in [4.69, 9.17) is 16.6 Å². The van der Waals surface area contributed by atoms with E-state index in [1.165, 1.54) is 12.1 Å². The summed E-state index contributed by atoms with van der Waals surface area (Å²) >= 11 is 9.70. The highest BCUT2D eigenvalue weighted by Gasteiger charge is 2.34. The van der Waals surface area contributed by atoms with E-state index in [0.29, 0.717) is 11.5 Å². The van der Waals surface area contributed by atoms with Gasteiger partial charge < -0.3 is 14.6 Å². The third-order valence-corrected chi connectivity index (χ3v) is 6.32. The molecule has 1 aliphatic heterocycles. The van der Waals surface area contributed by atoms with Crippen molar-refractivity contribution in [1.82, 2.24) is 0 Å². The molecule has 0 radical (unpaired) electrons. The van der Waals surface area contributed by atoms with Gasteiger partial charge in [0.2, 0.25) is 0 Å². The number of benzene rings is 2. The molecule has 2 heterocycles. The summed E-state index contributed by atoms with van der Waals surface area (Å²) in [5, 5.41) is 18.6. The van der Waals surface area contributed by atoms with Gasteiger partial charge >= 0.3 is 11.9 Å². The fraction of sp³-hybridized carbons (Fsp3) is 0. The van der Waals surface area contributed by atoms with Crippen molar-refractivity contribution in [3.05, 3.63) is 80.9 Å². The molecule has 10 heteroatoms. The summed E-state index contributed by atoms with van der Waals surface area (Å²) in [4.78, 5) is 37.2. The second-order valence-corrected chi connectivity index (χ2v) is 9.20. The number of thiocarbonyl (C=S) groups is 1. The Morgan fingerprint density at radius 3 is 2.22 bits per heavy atom. The molecule has 2 aromatic carbocycles. The summed E-state index contributed by atoms with van der Waals surface area (Å²) in [7, 11) is 0. The van der Waals surface area contributed by atoms with E-state index in [2.05, 4.69) is 15.9 Å². The normalized spacial score (nSPS) is 14.9. The minimum Gasteiger partial charge on any atom is -0.478 e. The lowest BCUT2D eigenvalue weighted by Gasteiger charge is -2.16. The van der Waals surface area contributed by atoms with Crippen molar-refractivity contribution in [2.24, 2.45) is 0 Å². The SMILES string of the molecule is O=C(O)c1cc(C(=O)O)cc(N2C(=O)/C(=C/c3ccc(-c4ccc(Br)cc4)o3)SC2=S)c1. The van der Waals surface area contributed by atoms with E-state index in [-0.39, 0.29) is 26.0 Å². The molecule has 0 bridgehead atoms. The van der Waals surface area contributed by atoms with Crippen LogP contribution in [0.3, 0.4) is 0 Å². The van der Waals surface area contributed by atoms with E-state index in [1.54, 1.807) is 18.2 Å². The molecule has 160 valence electrons. The highest BCUT2D eigenvalue weighted by molar-refractivity contribution is 9.10. The van der Waals surface area contributed by atoms with Gasteiger partial charge in [0.15, 0.2) is 4.32 Å². The van der Waals surface area contributed by atoms with Gasteiger partial charge in [-0.15, -0.1) is 0 Å². The number of carboxylic acids is 2. The molecule has 1 fully saturated rings. The predicted octanol–water partition coefficient (Wildman–Crippen LogP) is 5.51. The summed E-state index contributed by atoms with van der Waals surface area (Å²) in [5.41, 5.74) is 0.418. The number of carboxylic acid groups (broad SMARTS) is 2. The molecule has 32 heavy (non-hydrogen) atoms. The van der Waals surface area contributed by atoms with Crippen molar-refractivity contribution >= 4 is 73.8 Å². The van der Waals surface area contributed by atoms with Crippen LogP contribution < -0.4 is 4.90 Å². The molecule has 1 aromatic heterocycles. The number of hydrogen-bond donors (Lipinski definition) is 2. The largest absolute Gasteiger partial charge is 0.478 e. The number of anilines is 1. The predicted molar refractivity (Wildman–Crippen MR) is 128 cm³/mol. The van der Waals surface area contributed by atoms with Crippen LogP contribution in [-0.2, 0) is 4.79 Å². The fourth-order valence-electron chi connectivity index (χ4n) is 3.01. The van der Waals surface area contributed by atoms with Crippen LogP contribution in [-0.4, -0.2) is 32.4 Å². The maximum absolute atomic E-state index is 13.0. The van der Waals surface area contributed by atoms with Crippen LogP contribution in [0.15, 0.2) is 68.4 Å². The van der Waals surface area contributed by atoms with Gasteiger partial charge in [-0.2, -0.15) is 0 Å². The van der Waals surface area contributed by atoms with Crippen LogP contribution in [0.1, 0.15) is 26.5 Å². The van der Waals surface area contributed by atoms with Crippen molar-refractivity contribution in [2.45, 2.75) is 0 Å². The molecule has 7 nitrogen and oxygen atoms in total. The van der Waals surface area contributed by atoms with Gasteiger partial charge in [-0.05, 0) is 42.5 Å². The second kappa shape index (κ2) is 8.73. The zero-order chi connectivity index (χ0) is 23.0.